The molecule has 8 heteroatoms. The number of aromatic nitrogens is 2. The Morgan fingerprint density at radius 3 is 0.734 bits per heavy atom. The van der Waals surface area contributed by atoms with Crippen LogP contribution in [0.1, 0.15) is 20.7 Å². The van der Waals surface area contributed by atoms with Gasteiger partial charge in [0.1, 0.15) is 12.6 Å². The number of para-hydroxylation sites is 6. The highest BCUT2D eigenvalue weighted by molar-refractivity contribution is 6.12. The van der Waals surface area contributed by atoms with Crippen LogP contribution in [0.2, 0.25) is 0 Å². The van der Waals surface area contributed by atoms with E-state index in [-0.39, 0.29) is 0 Å². The van der Waals surface area contributed by atoms with Crippen molar-refractivity contribution in [3.05, 3.63) is 363 Å². The summed E-state index contributed by atoms with van der Waals surface area (Å²) in [6.07, 6.45) is 1.77. The highest BCUT2D eigenvalue weighted by Crippen LogP contribution is 2.45. The Kier molecular flexibility index (Phi) is 14.7. The molecular formula is C86H60N6O2. The third-order valence-corrected chi connectivity index (χ3v) is 17.8. The van der Waals surface area contributed by atoms with Gasteiger partial charge in [-0.05, 0) is 230 Å². The molecule has 0 atom stereocenters. The Labute approximate surface area is 545 Å². The van der Waals surface area contributed by atoms with Gasteiger partial charge in [0.2, 0.25) is 0 Å². The standard InChI is InChI=1S/C86H60N6O2/c93-59-61-29-37-75(38-30-61)91-83-27-15-13-25-79(83)81-57-77(53-55-85(81)91)89(67-21-9-3-10-22-67)73-49-45-71(46-50-73)87(65-17-5-1-6-18-65)69-41-33-63(34-42-69)64-35-43-70(44-36-64)88(66-19-7-2-8-20-66)72-47-51-74(52-48-72)90(68-23-11-4-12-24-68)78-54-56-86-82(58-78)80-26-14-16-28-84(80)92(86)76-39-31-62(60-94)32-40-76/h1-60H. The van der Waals surface area contributed by atoms with Crippen LogP contribution in [0, 0.1) is 0 Å². The van der Waals surface area contributed by atoms with E-state index in [9.17, 15) is 9.59 Å². The molecule has 16 rings (SSSR count). The molecule has 0 unspecified atom stereocenters. The molecule has 0 aliphatic heterocycles. The van der Waals surface area contributed by atoms with E-state index < -0.39 is 0 Å². The summed E-state index contributed by atoms with van der Waals surface area (Å²) in [4.78, 5) is 32.4. The van der Waals surface area contributed by atoms with Crippen LogP contribution >= 0.6 is 0 Å². The lowest BCUT2D eigenvalue weighted by molar-refractivity contribution is 0.111. The van der Waals surface area contributed by atoms with Crippen molar-refractivity contribution in [2.24, 2.45) is 0 Å². The van der Waals surface area contributed by atoms with Crippen molar-refractivity contribution in [2.75, 3.05) is 19.6 Å². The largest absolute Gasteiger partial charge is 0.311 e. The molecule has 8 nitrogen and oxygen atoms in total. The van der Waals surface area contributed by atoms with Crippen molar-refractivity contribution >= 4 is 124 Å². The number of hydrogen-bond acceptors (Lipinski definition) is 6. The van der Waals surface area contributed by atoms with Gasteiger partial charge in [0.05, 0.1) is 22.1 Å². The molecule has 446 valence electrons. The minimum Gasteiger partial charge on any atom is -0.311 e. The van der Waals surface area contributed by atoms with E-state index in [1.165, 1.54) is 0 Å². The lowest BCUT2D eigenvalue weighted by Gasteiger charge is -2.29. The number of anilines is 12. The molecule has 0 N–H and O–H groups in total. The lowest BCUT2D eigenvalue weighted by Crippen LogP contribution is -2.12. The Morgan fingerprint density at radius 2 is 0.436 bits per heavy atom. The second-order valence-electron chi connectivity index (χ2n) is 23.3. The van der Waals surface area contributed by atoms with Crippen molar-refractivity contribution < 1.29 is 9.59 Å². The number of fused-ring (bicyclic) bond motifs is 6. The van der Waals surface area contributed by atoms with Gasteiger partial charge in [-0.15, -0.1) is 0 Å². The fourth-order valence-corrected chi connectivity index (χ4v) is 13.4. The highest BCUT2D eigenvalue weighted by atomic mass is 16.1. The predicted octanol–water partition coefficient (Wildman–Crippen LogP) is 23.1. The van der Waals surface area contributed by atoms with Crippen LogP contribution in [-0.4, -0.2) is 21.7 Å². The van der Waals surface area contributed by atoms with Gasteiger partial charge in [0.15, 0.2) is 0 Å². The maximum atomic E-state index is 11.6. The summed E-state index contributed by atoms with van der Waals surface area (Å²) in [7, 11) is 0. The van der Waals surface area contributed by atoms with E-state index in [1.54, 1.807) is 0 Å². The van der Waals surface area contributed by atoms with Crippen LogP contribution < -0.4 is 19.6 Å². The van der Waals surface area contributed by atoms with Gasteiger partial charge in [0, 0.05) is 112 Å². The van der Waals surface area contributed by atoms with E-state index in [1.807, 2.05) is 48.5 Å². The van der Waals surface area contributed by atoms with Crippen LogP contribution in [0.4, 0.5) is 68.2 Å². The summed E-state index contributed by atoms with van der Waals surface area (Å²) in [6, 6.07) is 124. The monoisotopic (exact) mass is 1210 g/mol. The van der Waals surface area contributed by atoms with E-state index >= 15 is 0 Å². The lowest BCUT2D eigenvalue weighted by atomic mass is 10.0. The molecule has 16 aromatic rings. The highest BCUT2D eigenvalue weighted by Gasteiger charge is 2.22. The molecule has 14 aromatic carbocycles. The minimum absolute atomic E-state index is 0.648. The average Bonchev–Trinajstić information content (AvgIpc) is 1.59. The first-order chi connectivity index (χ1) is 46.5. The fourth-order valence-electron chi connectivity index (χ4n) is 13.4. The van der Waals surface area contributed by atoms with Gasteiger partial charge in [-0.3, -0.25) is 9.59 Å². The quantitative estimate of drug-likeness (QED) is 0.0847. The number of nitrogens with zero attached hydrogens (tertiary/aromatic N) is 6. The first-order valence-electron chi connectivity index (χ1n) is 31.5. The number of carbonyl (C=O) groups is 2. The third-order valence-electron chi connectivity index (χ3n) is 17.8. The van der Waals surface area contributed by atoms with Gasteiger partial charge in [-0.25, -0.2) is 0 Å². The summed E-state index contributed by atoms with van der Waals surface area (Å²) in [5, 5.41) is 4.58. The van der Waals surface area contributed by atoms with Crippen molar-refractivity contribution in [3.63, 3.8) is 0 Å². The molecule has 0 fully saturated rings. The molecule has 0 aliphatic rings. The second-order valence-corrected chi connectivity index (χ2v) is 23.3. The molecule has 0 amide bonds. The zero-order valence-electron chi connectivity index (χ0n) is 51.1. The summed E-state index contributed by atoms with van der Waals surface area (Å²) < 4.78 is 4.55. The van der Waals surface area contributed by atoms with Crippen LogP contribution in [-0.2, 0) is 0 Å². The van der Waals surface area contributed by atoms with Crippen molar-refractivity contribution in [1.29, 1.82) is 0 Å². The smallest absolute Gasteiger partial charge is 0.150 e. The Bertz CT molecular complexity index is 5030. The van der Waals surface area contributed by atoms with E-state index in [0.29, 0.717) is 11.1 Å². The van der Waals surface area contributed by atoms with Crippen LogP contribution in [0.5, 0.6) is 0 Å². The van der Waals surface area contributed by atoms with Gasteiger partial charge >= 0.3 is 0 Å². The molecule has 0 bridgehead atoms. The molecule has 2 heterocycles. The molecule has 0 radical (unpaired) electrons. The Morgan fingerprint density at radius 1 is 0.202 bits per heavy atom. The topological polar surface area (TPSA) is 57.0 Å². The van der Waals surface area contributed by atoms with Crippen LogP contribution in [0.25, 0.3) is 66.1 Å². The summed E-state index contributed by atoms with van der Waals surface area (Å²) in [6.45, 7) is 0. The van der Waals surface area contributed by atoms with E-state index in [2.05, 4.69) is 332 Å². The van der Waals surface area contributed by atoms with Gasteiger partial charge in [-0.1, -0.05) is 133 Å². The SMILES string of the molecule is O=Cc1ccc(-n2c3ccccc3c3cc(N(c4ccccc4)c4ccc(N(c5ccccc5)c5ccc(-c6ccc(N(c7ccccc7)c7ccc(N(c8ccccc8)c8ccc9c(c8)c8ccccc8n9-c8ccc(C=O)cc8)cc7)cc6)cc5)cc4)ccc32)cc1. The molecule has 94 heavy (non-hydrogen) atoms. The Hall–Kier alpha value is -12.8. The fraction of sp³-hybridized carbons (Fsp3) is 0. The minimum atomic E-state index is 0.648. The zero-order valence-corrected chi connectivity index (χ0v) is 51.1. The van der Waals surface area contributed by atoms with Crippen molar-refractivity contribution in [3.8, 4) is 22.5 Å². The summed E-state index contributed by atoms with van der Waals surface area (Å²) in [5.41, 5.74) is 22.4. The number of rotatable bonds is 17. The number of hydrogen-bond donors (Lipinski definition) is 0. The van der Waals surface area contributed by atoms with Gasteiger partial charge in [0.25, 0.3) is 0 Å². The number of aldehydes is 2. The maximum Gasteiger partial charge on any atom is 0.150 e. The average molecular weight is 1210 g/mol. The number of carbonyl (C=O) groups excluding carboxylic acids is 2. The van der Waals surface area contributed by atoms with Crippen molar-refractivity contribution in [1.82, 2.24) is 9.13 Å². The van der Waals surface area contributed by atoms with Gasteiger partial charge < -0.3 is 28.7 Å². The summed E-state index contributed by atoms with van der Waals surface area (Å²) in [5.74, 6) is 0. The molecule has 0 saturated heterocycles. The molecule has 0 spiro atoms. The van der Waals surface area contributed by atoms with E-state index in [0.717, 1.165) is 147 Å². The molecular weight excluding hydrogens is 1150 g/mol. The van der Waals surface area contributed by atoms with Gasteiger partial charge in [-0.2, -0.15) is 0 Å². The molecule has 0 aliphatic carbocycles. The molecule has 2 aromatic heterocycles. The van der Waals surface area contributed by atoms with Crippen molar-refractivity contribution in [2.45, 2.75) is 0 Å². The third kappa shape index (κ3) is 10.5. The zero-order chi connectivity index (χ0) is 62.9. The summed E-state index contributed by atoms with van der Waals surface area (Å²) >= 11 is 0. The van der Waals surface area contributed by atoms with Crippen LogP contribution in [0.3, 0.4) is 0 Å². The maximum absolute atomic E-state index is 11.6. The first-order valence-corrected chi connectivity index (χ1v) is 31.5. The van der Waals surface area contributed by atoms with Crippen LogP contribution in [0.15, 0.2) is 352 Å². The molecule has 0 saturated carbocycles. The predicted molar refractivity (Wildman–Crippen MR) is 390 cm³/mol. The second kappa shape index (κ2) is 24.5. The normalized spacial score (nSPS) is 11.3. The first kappa shape index (κ1) is 56.5. The Balaban J connectivity index is 0.692. The number of benzene rings is 14. The van der Waals surface area contributed by atoms with E-state index in [4.69, 9.17) is 0 Å².